The maximum atomic E-state index is 13.6. The molecule has 30 heavy (non-hydrogen) atoms. The van der Waals surface area contributed by atoms with Crippen LogP contribution in [0.15, 0.2) is 0 Å². The van der Waals surface area contributed by atoms with Gasteiger partial charge in [-0.15, -0.1) is 0 Å². The second-order valence-corrected chi connectivity index (χ2v) is 9.44. The fraction of sp³-hybridized carbons (Fsp3) is 0.905. The van der Waals surface area contributed by atoms with Crippen molar-refractivity contribution in [2.45, 2.75) is 83.3 Å². The van der Waals surface area contributed by atoms with E-state index in [0.29, 0.717) is 37.0 Å². The smallest absolute Gasteiger partial charge is 0.379 e. The Kier molecular flexibility index (Phi) is 6.17. The number of hydrogen-bond acceptors (Lipinski definition) is 5. The van der Waals surface area contributed by atoms with Gasteiger partial charge in [0.1, 0.15) is 0 Å². The zero-order valence-corrected chi connectivity index (χ0v) is 17.6. The van der Waals surface area contributed by atoms with Gasteiger partial charge in [-0.25, -0.2) is 13.6 Å². The molecule has 0 saturated heterocycles. The van der Waals surface area contributed by atoms with E-state index in [9.17, 15) is 27.2 Å². The summed E-state index contributed by atoms with van der Waals surface area (Å²) in [5.41, 5.74) is -0.702. The summed E-state index contributed by atoms with van der Waals surface area (Å²) >= 11 is 0. The van der Waals surface area contributed by atoms with Crippen LogP contribution in [0.5, 0.6) is 0 Å². The highest BCUT2D eigenvalue weighted by atomic mass is 19.3. The average Bonchev–Trinajstić information content (AvgIpc) is 2.59. The fourth-order valence-corrected chi connectivity index (χ4v) is 5.63. The van der Waals surface area contributed by atoms with Crippen molar-refractivity contribution in [3.63, 3.8) is 0 Å². The molecule has 0 aromatic rings. The Hall–Kier alpha value is -1.38. The van der Waals surface area contributed by atoms with Gasteiger partial charge in [-0.3, -0.25) is 4.79 Å². The van der Waals surface area contributed by atoms with Gasteiger partial charge in [-0.2, -0.15) is 8.78 Å². The first kappa shape index (κ1) is 23.3. The molecule has 4 rings (SSSR count). The predicted molar refractivity (Wildman–Crippen MR) is 97.9 cm³/mol. The van der Waals surface area contributed by atoms with Gasteiger partial charge in [0, 0.05) is 20.3 Å². The molecule has 0 aromatic heterocycles. The van der Waals surface area contributed by atoms with Crippen LogP contribution in [0.25, 0.3) is 0 Å². The van der Waals surface area contributed by atoms with Crippen molar-refractivity contribution >= 4 is 11.9 Å². The Morgan fingerprint density at radius 3 is 1.90 bits per heavy atom. The number of carbonyl (C=O) groups is 2. The maximum absolute atomic E-state index is 13.6. The molecule has 4 aliphatic rings. The molecule has 0 N–H and O–H groups in total. The molecule has 4 fully saturated rings. The van der Waals surface area contributed by atoms with E-state index in [4.69, 9.17) is 14.2 Å². The molecular formula is C21H30F4O5. The van der Waals surface area contributed by atoms with Gasteiger partial charge < -0.3 is 14.2 Å². The van der Waals surface area contributed by atoms with Gasteiger partial charge in [0.05, 0.1) is 18.6 Å². The van der Waals surface area contributed by atoms with Crippen molar-refractivity contribution < 1.29 is 41.4 Å². The zero-order chi connectivity index (χ0) is 22.4. The van der Waals surface area contributed by atoms with E-state index in [2.05, 4.69) is 0 Å². The van der Waals surface area contributed by atoms with Gasteiger partial charge in [-0.1, -0.05) is 0 Å². The van der Waals surface area contributed by atoms with Gasteiger partial charge >= 0.3 is 29.6 Å². The van der Waals surface area contributed by atoms with E-state index >= 15 is 0 Å². The van der Waals surface area contributed by atoms with Crippen LogP contribution in [0, 0.1) is 23.2 Å². The quantitative estimate of drug-likeness (QED) is 0.296. The van der Waals surface area contributed by atoms with Gasteiger partial charge in [0.2, 0.25) is 0 Å². The Balaban J connectivity index is 1.70. The molecule has 1 unspecified atom stereocenters. The zero-order valence-electron chi connectivity index (χ0n) is 17.6. The summed E-state index contributed by atoms with van der Waals surface area (Å²) in [4.78, 5) is 25.6. The fourth-order valence-electron chi connectivity index (χ4n) is 5.63. The summed E-state index contributed by atoms with van der Waals surface area (Å²) in [5.74, 6) is -11.1. The van der Waals surface area contributed by atoms with Gasteiger partial charge in [0.25, 0.3) is 0 Å². The van der Waals surface area contributed by atoms with E-state index in [1.165, 1.54) is 6.92 Å². The minimum absolute atomic E-state index is 0.0457. The lowest BCUT2D eigenvalue weighted by molar-refractivity contribution is -0.257. The van der Waals surface area contributed by atoms with E-state index in [1.807, 2.05) is 0 Å². The largest absolute Gasteiger partial charge is 0.461 e. The molecule has 9 heteroatoms. The Morgan fingerprint density at radius 1 is 0.967 bits per heavy atom. The van der Waals surface area contributed by atoms with Crippen LogP contribution >= 0.6 is 0 Å². The van der Waals surface area contributed by atoms with Crippen LogP contribution in [0.3, 0.4) is 0 Å². The summed E-state index contributed by atoms with van der Waals surface area (Å²) in [7, 11) is 0. The Bertz CT molecular complexity index is 640. The van der Waals surface area contributed by atoms with Crippen molar-refractivity contribution in [2.75, 3.05) is 13.2 Å². The third kappa shape index (κ3) is 4.46. The molecule has 5 nitrogen and oxygen atoms in total. The first-order chi connectivity index (χ1) is 13.8. The van der Waals surface area contributed by atoms with Crippen molar-refractivity contribution in [3.8, 4) is 0 Å². The highest BCUT2D eigenvalue weighted by molar-refractivity contribution is 5.84. The molecule has 1 atom stereocenters. The van der Waals surface area contributed by atoms with E-state index in [1.54, 1.807) is 0 Å². The SMILES string of the molecule is CCOC(=O)C(C)(OCCC(F)(F)C(C)(F)F)OC(=O)C12CC3CC(CC(C3)C1)C2. The molecule has 0 aliphatic heterocycles. The number of rotatable bonds is 9. The molecule has 0 radical (unpaired) electrons. The van der Waals surface area contributed by atoms with Crippen LogP contribution in [-0.2, 0) is 23.8 Å². The number of esters is 2. The van der Waals surface area contributed by atoms with Crippen LogP contribution in [0.4, 0.5) is 17.6 Å². The molecule has 4 aliphatic carbocycles. The second-order valence-electron chi connectivity index (χ2n) is 9.44. The van der Waals surface area contributed by atoms with Crippen molar-refractivity contribution in [2.24, 2.45) is 23.2 Å². The molecule has 0 spiro atoms. The maximum Gasteiger partial charge on any atom is 0.379 e. The summed E-state index contributed by atoms with van der Waals surface area (Å²) in [6.45, 7) is 1.82. The van der Waals surface area contributed by atoms with Gasteiger partial charge in [-0.05, 0) is 63.2 Å². The molecule has 0 amide bonds. The molecule has 0 aromatic carbocycles. The van der Waals surface area contributed by atoms with Crippen molar-refractivity contribution in [3.05, 3.63) is 0 Å². The van der Waals surface area contributed by atoms with E-state index in [-0.39, 0.29) is 13.5 Å². The predicted octanol–water partition coefficient (Wildman–Crippen LogP) is 4.72. The lowest BCUT2D eigenvalue weighted by Gasteiger charge is -2.55. The van der Waals surface area contributed by atoms with Crippen LogP contribution in [0.1, 0.15) is 65.7 Å². The molecular weight excluding hydrogens is 408 g/mol. The summed E-state index contributed by atoms with van der Waals surface area (Å²) in [5, 5.41) is 0. The highest BCUT2D eigenvalue weighted by Crippen LogP contribution is 2.60. The summed E-state index contributed by atoms with van der Waals surface area (Å²) in [6.07, 6.45) is 3.99. The van der Waals surface area contributed by atoms with Crippen molar-refractivity contribution in [1.82, 2.24) is 0 Å². The Labute approximate surface area is 173 Å². The lowest BCUT2D eigenvalue weighted by atomic mass is 9.49. The monoisotopic (exact) mass is 438 g/mol. The van der Waals surface area contributed by atoms with Crippen LogP contribution in [-0.4, -0.2) is 42.8 Å². The minimum atomic E-state index is -4.33. The normalized spacial score (nSPS) is 32.6. The summed E-state index contributed by atoms with van der Waals surface area (Å²) < 4.78 is 68.8. The Morgan fingerprint density at radius 2 is 1.47 bits per heavy atom. The lowest BCUT2D eigenvalue weighted by Crippen LogP contribution is -2.54. The number of alkyl halides is 4. The topological polar surface area (TPSA) is 61.8 Å². The first-order valence-electron chi connectivity index (χ1n) is 10.6. The molecule has 4 saturated carbocycles. The van der Waals surface area contributed by atoms with E-state index < -0.39 is 48.0 Å². The second kappa shape index (κ2) is 7.95. The third-order valence-corrected chi connectivity index (χ3v) is 6.84. The molecule has 0 heterocycles. The molecule has 4 bridgehead atoms. The minimum Gasteiger partial charge on any atom is -0.461 e. The number of ether oxygens (including phenoxy) is 3. The first-order valence-corrected chi connectivity index (χ1v) is 10.6. The summed E-state index contributed by atoms with van der Waals surface area (Å²) in [6, 6.07) is 0. The van der Waals surface area contributed by atoms with Crippen molar-refractivity contribution in [1.29, 1.82) is 0 Å². The van der Waals surface area contributed by atoms with Crippen LogP contribution < -0.4 is 0 Å². The highest BCUT2D eigenvalue weighted by Gasteiger charge is 2.58. The standard InChI is InChI=1S/C21H30F4O5/c1-4-28-16(26)18(2,29-6-5-21(24,25)19(3,22)23)30-17(27)20-10-13-7-14(11-20)9-15(8-13)12-20/h13-15H,4-12H2,1-3H3. The third-order valence-electron chi connectivity index (χ3n) is 6.84. The molecule has 172 valence electrons. The number of hydrogen-bond donors (Lipinski definition) is 0. The number of carbonyl (C=O) groups excluding carboxylic acids is 2. The average molecular weight is 438 g/mol. The number of halogens is 4. The van der Waals surface area contributed by atoms with Gasteiger partial charge in [0.15, 0.2) is 0 Å². The van der Waals surface area contributed by atoms with Crippen LogP contribution in [0.2, 0.25) is 0 Å². The van der Waals surface area contributed by atoms with E-state index in [0.717, 1.165) is 26.2 Å².